The summed E-state index contributed by atoms with van der Waals surface area (Å²) in [4.78, 5) is 25.1. The zero-order valence-corrected chi connectivity index (χ0v) is 15.3. The number of benzene rings is 1. The van der Waals surface area contributed by atoms with E-state index in [1.807, 2.05) is 37.3 Å². The molecule has 1 aliphatic heterocycles. The van der Waals surface area contributed by atoms with Gasteiger partial charge < -0.3 is 9.64 Å². The molecule has 0 N–H and O–H groups in total. The van der Waals surface area contributed by atoms with E-state index < -0.39 is 0 Å². The van der Waals surface area contributed by atoms with Crippen LogP contribution in [0.15, 0.2) is 30.3 Å². The van der Waals surface area contributed by atoms with E-state index in [1.165, 1.54) is 11.8 Å². The molecule has 1 aliphatic rings. The van der Waals surface area contributed by atoms with Crippen molar-refractivity contribution >= 4 is 34.6 Å². The summed E-state index contributed by atoms with van der Waals surface area (Å²) in [6.07, 6.45) is 0.176. The lowest BCUT2D eigenvalue weighted by Crippen LogP contribution is -2.26. The summed E-state index contributed by atoms with van der Waals surface area (Å²) in [6.45, 7) is 2.97. The third-order valence-electron chi connectivity index (χ3n) is 3.93. The number of para-hydroxylation sites is 1. The highest BCUT2D eigenvalue weighted by Crippen LogP contribution is 2.24. The zero-order chi connectivity index (χ0) is 17.8. The molecule has 1 fully saturated rings. The van der Waals surface area contributed by atoms with Gasteiger partial charge in [-0.25, -0.2) is 4.68 Å². The first-order chi connectivity index (χ1) is 12.1. The lowest BCUT2D eigenvalue weighted by atomic mass is 10.3. The average molecular weight is 380 g/mol. The molecule has 0 unspecified atom stereocenters. The number of hydrogen-bond acceptors (Lipinski definition) is 5. The summed E-state index contributed by atoms with van der Waals surface area (Å²) in [5, 5.41) is 4.87. The summed E-state index contributed by atoms with van der Waals surface area (Å²) >= 11 is 7.68. The largest absolute Gasteiger partial charge is 0.461 e. The molecule has 1 amide bonds. The van der Waals surface area contributed by atoms with Gasteiger partial charge in [0.25, 0.3) is 5.24 Å². The summed E-state index contributed by atoms with van der Waals surface area (Å²) in [7, 11) is 0. The maximum atomic E-state index is 11.9. The first kappa shape index (κ1) is 17.8. The van der Waals surface area contributed by atoms with Crippen molar-refractivity contribution in [1.29, 1.82) is 0 Å². The van der Waals surface area contributed by atoms with E-state index in [-0.39, 0.29) is 24.2 Å². The molecule has 25 heavy (non-hydrogen) atoms. The van der Waals surface area contributed by atoms with Crippen LogP contribution in [0.25, 0.3) is 5.69 Å². The molecular weight excluding hydrogens is 362 g/mol. The molecule has 0 atom stereocenters. The fourth-order valence-electron chi connectivity index (χ4n) is 2.52. The second kappa shape index (κ2) is 7.93. The van der Waals surface area contributed by atoms with Gasteiger partial charge in [-0.2, -0.15) is 5.10 Å². The normalized spacial score (nSPS) is 14.2. The predicted octanol–water partition coefficient (Wildman–Crippen LogP) is 3.44. The van der Waals surface area contributed by atoms with Crippen LogP contribution in [-0.2, 0) is 16.1 Å². The highest BCUT2D eigenvalue weighted by molar-refractivity contribution is 8.13. The first-order valence-corrected chi connectivity index (χ1v) is 9.29. The predicted molar refractivity (Wildman–Crippen MR) is 97.2 cm³/mol. The highest BCUT2D eigenvalue weighted by atomic mass is 35.5. The first-order valence-electron chi connectivity index (χ1n) is 7.93. The summed E-state index contributed by atoms with van der Waals surface area (Å²) in [5.74, 6) is 0.425. The Morgan fingerprint density at radius 2 is 2.12 bits per heavy atom. The number of ether oxygens (including phenoxy) is 1. The Morgan fingerprint density at radius 3 is 2.80 bits per heavy atom. The summed E-state index contributed by atoms with van der Waals surface area (Å²) in [5.41, 5.74) is 2.25. The van der Waals surface area contributed by atoms with Gasteiger partial charge in [-0.05, 0) is 19.1 Å². The van der Waals surface area contributed by atoms with E-state index in [0.29, 0.717) is 29.5 Å². The number of amides is 1. The number of aromatic nitrogens is 2. The van der Waals surface area contributed by atoms with Crippen molar-refractivity contribution in [3.05, 3.63) is 46.7 Å². The average Bonchev–Trinajstić information content (AvgIpc) is 3.15. The van der Waals surface area contributed by atoms with Crippen molar-refractivity contribution < 1.29 is 14.3 Å². The van der Waals surface area contributed by atoms with Crippen LogP contribution in [0.3, 0.4) is 0 Å². The van der Waals surface area contributed by atoms with Crippen LogP contribution in [-0.4, -0.2) is 44.7 Å². The molecule has 2 aromatic rings. The van der Waals surface area contributed by atoms with Crippen LogP contribution in [0, 0.1) is 6.92 Å². The van der Waals surface area contributed by atoms with Crippen LogP contribution in [0.4, 0.5) is 4.79 Å². The number of thioether (sulfide) groups is 1. The van der Waals surface area contributed by atoms with Crippen LogP contribution < -0.4 is 0 Å². The van der Waals surface area contributed by atoms with Gasteiger partial charge in [0.05, 0.1) is 17.8 Å². The van der Waals surface area contributed by atoms with E-state index >= 15 is 0 Å². The molecule has 0 saturated carbocycles. The molecule has 0 spiro atoms. The minimum atomic E-state index is -0.354. The Labute approximate surface area is 155 Å². The van der Waals surface area contributed by atoms with Crippen molar-refractivity contribution in [3.8, 4) is 5.69 Å². The number of nitrogens with zero attached hydrogens (tertiary/aromatic N) is 3. The number of carbonyl (C=O) groups is 2. The number of carbonyl (C=O) groups excluding carboxylic acids is 2. The minimum Gasteiger partial charge on any atom is -0.461 e. The number of esters is 1. The van der Waals surface area contributed by atoms with Crippen molar-refractivity contribution in [2.24, 2.45) is 0 Å². The van der Waals surface area contributed by atoms with E-state index in [9.17, 15) is 9.59 Å². The van der Waals surface area contributed by atoms with Gasteiger partial charge in [-0.3, -0.25) is 9.59 Å². The zero-order valence-electron chi connectivity index (χ0n) is 13.8. The SMILES string of the molecule is Cc1nn(-c2ccccc2)c(Cl)c1COC(=O)CCN1CCSC1=O. The number of halogens is 1. The highest BCUT2D eigenvalue weighted by Gasteiger charge is 2.22. The molecule has 132 valence electrons. The molecule has 2 heterocycles. The fraction of sp³-hybridized carbons (Fsp3) is 0.353. The van der Waals surface area contributed by atoms with Crippen molar-refractivity contribution in [2.75, 3.05) is 18.8 Å². The molecule has 8 heteroatoms. The smallest absolute Gasteiger partial charge is 0.307 e. The van der Waals surface area contributed by atoms with E-state index in [1.54, 1.807) is 9.58 Å². The number of rotatable bonds is 6. The van der Waals surface area contributed by atoms with Gasteiger partial charge in [-0.15, -0.1) is 0 Å². The lowest BCUT2D eigenvalue weighted by molar-refractivity contribution is -0.145. The maximum absolute atomic E-state index is 11.9. The van der Waals surface area contributed by atoms with Gasteiger partial charge in [0.1, 0.15) is 11.8 Å². The van der Waals surface area contributed by atoms with Gasteiger partial charge in [-0.1, -0.05) is 41.6 Å². The van der Waals surface area contributed by atoms with Crippen molar-refractivity contribution in [1.82, 2.24) is 14.7 Å². The summed E-state index contributed by atoms with van der Waals surface area (Å²) in [6, 6.07) is 9.53. The molecule has 1 saturated heterocycles. The maximum Gasteiger partial charge on any atom is 0.307 e. The number of aryl methyl sites for hydroxylation is 1. The van der Waals surface area contributed by atoms with E-state index in [2.05, 4.69) is 5.10 Å². The third-order valence-corrected chi connectivity index (χ3v) is 5.21. The van der Waals surface area contributed by atoms with E-state index in [0.717, 1.165) is 11.4 Å². The lowest BCUT2D eigenvalue weighted by Gasteiger charge is -2.13. The minimum absolute atomic E-state index is 0.0239. The van der Waals surface area contributed by atoms with E-state index in [4.69, 9.17) is 16.3 Å². The molecule has 6 nitrogen and oxygen atoms in total. The van der Waals surface area contributed by atoms with Crippen molar-refractivity contribution in [2.45, 2.75) is 20.0 Å². The van der Waals surface area contributed by atoms with Gasteiger partial charge in [0.2, 0.25) is 0 Å². The third kappa shape index (κ3) is 4.16. The molecule has 1 aromatic heterocycles. The van der Waals surface area contributed by atoms with Gasteiger partial charge in [0, 0.05) is 24.4 Å². The van der Waals surface area contributed by atoms with Crippen LogP contribution in [0.2, 0.25) is 5.15 Å². The van der Waals surface area contributed by atoms with Crippen LogP contribution >= 0.6 is 23.4 Å². The Balaban J connectivity index is 1.59. The Kier molecular flexibility index (Phi) is 5.65. The Morgan fingerprint density at radius 1 is 1.36 bits per heavy atom. The Hall–Kier alpha value is -1.99. The van der Waals surface area contributed by atoms with Crippen LogP contribution in [0.1, 0.15) is 17.7 Å². The van der Waals surface area contributed by atoms with Gasteiger partial charge in [0.15, 0.2) is 0 Å². The molecular formula is C17H18ClN3O3S. The second-order valence-electron chi connectivity index (χ2n) is 5.61. The molecule has 0 aliphatic carbocycles. The molecule has 0 radical (unpaired) electrons. The number of hydrogen-bond donors (Lipinski definition) is 0. The second-order valence-corrected chi connectivity index (χ2v) is 7.02. The Bertz CT molecular complexity index is 779. The quantitative estimate of drug-likeness (QED) is 0.719. The monoisotopic (exact) mass is 379 g/mol. The van der Waals surface area contributed by atoms with Crippen LogP contribution in [0.5, 0.6) is 0 Å². The van der Waals surface area contributed by atoms with Gasteiger partial charge >= 0.3 is 5.97 Å². The molecule has 1 aromatic carbocycles. The topological polar surface area (TPSA) is 64.4 Å². The summed E-state index contributed by atoms with van der Waals surface area (Å²) < 4.78 is 6.94. The molecule has 0 bridgehead atoms. The molecule has 3 rings (SSSR count). The van der Waals surface area contributed by atoms with Crippen molar-refractivity contribution in [3.63, 3.8) is 0 Å². The fourth-order valence-corrected chi connectivity index (χ4v) is 3.69. The standard InChI is InChI=1S/C17H18ClN3O3S/c1-12-14(16(18)21(19-12)13-5-3-2-4-6-13)11-24-15(22)7-8-20-9-10-25-17(20)23/h2-6H,7-11H2,1H3.